The van der Waals surface area contributed by atoms with Crippen molar-refractivity contribution in [3.8, 4) is 0 Å². The Balaban J connectivity index is 2.33. The Morgan fingerprint density at radius 1 is 1.21 bits per heavy atom. The molecule has 4 heteroatoms. The summed E-state index contributed by atoms with van der Waals surface area (Å²) in [4.78, 5) is 0. The second-order valence-corrected chi connectivity index (χ2v) is 5.32. The van der Waals surface area contributed by atoms with Gasteiger partial charge in [-0.2, -0.15) is 0 Å². The molecule has 0 bridgehead atoms. The second kappa shape index (κ2) is 6.47. The van der Waals surface area contributed by atoms with E-state index in [-0.39, 0.29) is 6.04 Å². The third-order valence-corrected chi connectivity index (χ3v) is 3.62. The van der Waals surface area contributed by atoms with Gasteiger partial charge < -0.3 is 9.73 Å². The number of nitrogens with one attached hydrogen (secondary N) is 1. The predicted octanol–water partition coefficient (Wildman–Crippen LogP) is 4.98. The van der Waals surface area contributed by atoms with E-state index >= 15 is 0 Å². The molecule has 0 aliphatic rings. The molecule has 1 aromatic heterocycles. The minimum atomic E-state index is -0.0226. The van der Waals surface area contributed by atoms with Gasteiger partial charge in [0.2, 0.25) is 0 Å². The number of halogens is 2. The van der Waals surface area contributed by atoms with Gasteiger partial charge in [0.25, 0.3) is 0 Å². The fourth-order valence-corrected chi connectivity index (χ4v) is 2.28. The van der Waals surface area contributed by atoms with Gasteiger partial charge in [-0.15, -0.1) is 0 Å². The van der Waals surface area contributed by atoms with Crippen molar-refractivity contribution in [1.82, 2.24) is 5.32 Å². The van der Waals surface area contributed by atoms with Crippen molar-refractivity contribution in [1.29, 1.82) is 0 Å². The highest BCUT2D eigenvalue weighted by Crippen LogP contribution is 2.28. The predicted molar refractivity (Wildman–Crippen MR) is 80.0 cm³/mol. The molecular weight excluding hydrogens is 281 g/mol. The van der Waals surface area contributed by atoms with E-state index in [1.54, 1.807) is 6.07 Å². The molecule has 2 nitrogen and oxygen atoms in total. The number of hydrogen-bond acceptors (Lipinski definition) is 2. The van der Waals surface area contributed by atoms with E-state index < -0.39 is 0 Å². The topological polar surface area (TPSA) is 25.2 Å². The smallest absolute Gasteiger partial charge is 0.193 e. The molecule has 0 aliphatic carbocycles. The zero-order valence-corrected chi connectivity index (χ0v) is 12.6. The van der Waals surface area contributed by atoms with E-state index in [9.17, 15) is 0 Å². The molecule has 1 aromatic carbocycles. The minimum Gasteiger partial charge on any atom is -0.448 e. The van der Waals surface area contributed by atoms with Crippen LogP contribution in [0.2, 0.25) is 10.2 Å². The molecule has 0 saturated carbocycles. The quantitative estimate of drug-likeness (QED) is 0.841. The van der Waals surface area contributed by atoms with Crippen molar-refractivity contribution in [2.45, 2.75) is 26.3 Å². The molecule has 0 amide bonds. The van der Waals surface area contributed by atoms with E-state index in [0.717, 1.165) is 34.9 Å². The first-order chi connectivity index (χ1) is 9.11. The molecule has 1 unspecified atom stereocenters. The lowest BCUT2D eigenvalue weighted by Crippen LogP contribution is -2.22. The van der Waals surface area contributed by atoms with Crippen molar-refractivity contribution in [2.75, 3.05) is 6.54 Å². The molecule has 2 rings (SSSR count). The van der Waals surface area contributed by atoms with Crippen LogP contribution in [-0.2, 0) is 0 Å². The Kier molecular flexibility index (Phi) is 4.92. The summed E-state index contributed by atoms with van der Waals surface area (Å²) in [5, 5.41) is 4.61. The first-order valence-electron chi connectivity index (χ1n) is 6.36. The zero-order valence-electron chi connectivity index (χ0n) is 11.0. The van der Waals surface area contributed by atoms with Gasteiger partial charge in [-0.1, -0.05) is 30.7 Å². The van der Waals surface area contributed by atoms with Crippen LogP contribution in [0.4, 0.5) is 0 Å². The molecule has 0 spiro atoms. The third kappa shape index (κ3) is 3.53. The summed E-state index contributed by atoms with van der Waals surface area (Å²) in [6, 6.07) is 9.68. The van der Waals surface area contributed by atoms with Crippen LogP contribution in [0, 0.1) is 6.92 Å². The van der Waals surface area contributed by atoms with Gasteiger partial charge in [-0.25, -0.2) is 0 Å². The van der Waals surface area contributed by atoms with Gasteiger partial charge in [0.05, 0.1) is 6.04 Å². The first kappa shape index (κ1) is 14.4. The summed E-state index contributed by atoms with van der Waals surface area (Å²) < 4.78 is 5.53. The number of furan rings is 1. The molecule has 0 aliphatic heterocycles. The monoisotopic (exact) mass is 297 g/mol. The molecule has 1 N–H and O–H groups in total. The van der Waals surface area contributed by atoms with Gasteiger partial charge >= 0.3 is 0 Å². The number of benzene rings is 1. The van der Waals surface area contributed by atoms with Crippen molar-refractivity contribution in [2.24, 2.45) is 0 Å². The zero-order chi connectivity index (χ0) is 13.8. The Labute approximate surface area is 123 Å². The minimum absolute atomic E-state index is 0.0226. The van der Waals surface area contributed by atoms with Crippen LogP contribution in [0.5, 0.6) is 0 Å². The molecule has 1 atom stereocenters. The van der Waals surface area contributed by atoms with Crippen LogP contribution in [0.15, 0.2) is 34.7 Å². The SMILES string of the molecule is CCCNC(c1ccc(C)c(Cl)c1)c1ccc(Cl)o1. The van der Waals surface area contributed by atoms with Crippen LogP contribution in [0.3, 0.4) is 0 Å². The summed E-state index contributed by atoms with van der Waals surface area (Å²) in [5.41, 5.74) is 2.15. The van der Waals surface area contributed by atoms with E-state index in [1.165, 1.54) is 0 Å². The van der Waals surface area contributed by atoms with Crippen molar-refractivity contribution < 1.29 is 4.42 Å². The molecule has 2 aromatic rings. The average molecular weight is 298 g/mol. The fraction of sp³-hybridized carbons (Fsp3) is 0.333. The van der Waals surface area contributed by atoms with Gasteiger partial charge in [0.15, 0.2) is 5.22 Å². The van der Waals surface area contributed by atoms with Crippen molar-refractivity contribution >= 4 is 23.2 Å². The van der Waals surface area contributed by atoms with Crippen LogP contribution in [0.25, 0.3) is 0 Å². The number of rotatable bonds is 5. The summed E-state index contributed by atoms with van der Waals surface area (Å²) >= 11 is 12.1. The van der Waals surface area contributed by atoms with Crippen molar-refractivity contribution in [3.05, 3.63) is 57.5 Å². The first-order valence-corrected chi connectivity index (χ1v) is 7.12. The molecule has 1 heterocycles. The van der Waals surface area contributed by atoms with E-state index in [4.69, 9.17) is 27.6 Å². The molecule has 0 saturated heterocycles. The Morgan fingerprint density at radius 2 is 2.00 bits per heavy atom. The standard InChI is InChI=1S/C15H17Cl2NO/c1-3-8-18-15(13-6-7-14(17)19-13)11-5-4-10(2)12(16)9-11/h4-7,9,15,18H,3,8H2,1-2H3. The number of aryl methyl sites for hydroxylation is 1. The largest absolute Gasteiger partial charge is 0.448 e. The van der Waals surface area contributed by atoms with Crippen LogP contribution in [0.1, 0.15) is 36.3 Å². The van der Waals surface area contributed by atoms with Crippen LogP contribution < -0.4 is 5.32 Å². The van der Waals surface area contributed by atoms with Gasteiger partial charge in [-0.3, -0.25) is 0 Å². The van der Waals surface area contributed by atoms with Gasteiger partial charge in [-0.05, 0) is 60.8 Å². The third-order valence-electron chi connectivity index (χ3n) is 3.01. The summed E-state index contributed by atoms with van der Waals surface area (Å²) in [6.07, 6.45) is 1.05. The Morgan fingerprint density at radius 3 is 2.58 bits per heavy atom. The second-order valence-electron chi connectivity index (χ2n) is 4.54. The Hall–Kier alpha value is -0.960. The highest BCUT2D eigenvalue weighted by Gasteiger charge is 2.17. The summed E-state index contributed by atoms with van der Waals surface area (Å²) in [5.74, 6) is 0.804. The normalized spacial score (nSPS) is 12.6. The summed E-state index contributed by atoms with van der Waals surface area (Å²) in [7, 11) is 0. The highest BCUT2D eigenvalue weighted by molar-refractivity contribution is 6.31. The van der Waals surface area contributed by atoms with Crippen LogP contribution >= 0.6 is 23.2 Å². The lowest BCUT2D eigenvalue weighted by Gasteiger charge is -2.17. The van der Waals surface area contributed by atoms with Crippen molar-refractivity contribution in [3.63, 3.8) is 0 Å². The fourth-order valence-electron chi connectivity index (χ4n) is 1.94. The maximum absolute atomic E-state index is 6.20. The lowest BCUT2D eigenvalue weighted by atomic mass is 10.0. The maximum atomic E-state index is 6.20. The molecular formula is C15H17Cl2NO. The maximum Gasteiger partial charge on any atom is 0.193 e. The van der Waals surface area contributed by atoms with Gasteiger partial charge in [0.1, 0.15) is 5.76 Å². The summed E-state index contributed by atoms with van der Waals surface area (Å²) in [6.45, 7) is 5.01. The van der Waals surface area contributed by atoms with Gasteiger partial charge in [0, 0.05) is 5.02 Å². The van der Waals surface area contributed by atoms with E-state index in [1.807, 2.05) is 25.1 Å². The van der Waals surface area contributed by atoms with Crippen LogP contribution in [-0.4, -0.2) is 6.54 Å². The van der Waals surface area contributed by atoms with E-state index in [0.29, 0.717) is 5.22 Å². The lowest BCUT2D eigenvalue weighted by molar-refractivity contribution is 0.448. The number of hydrogen-bond donors (Lipinski definition) is 1. The molecule has 0 fully saturated rings. The molecule has 102 valence electrons. The Bertz CT molecular complexity index is 551. The highest BCUT2D eigenvalue weighted by atomic mass is 35.5. The molecule has 0 radical (unpaired) electrons. The van der Waals surface area contributed by atoms with E-state index in [2.05, 4.69) is 18.3 Å². The molecule has 19 heavy (non-hydrogen) atoms. The average Bonchev–Trinajstić information content (AvgIpc) is 2.80.